The molecule has 0 spiro atoms. The second-order valence-electron chi connectivity index (χ2n) is 6.94. The lowest BCUT2D eigenvalue weighted by Crippen LogP contribution is -2.22. The second kappa shape index (κ2) is 8.83. The molecule has 14 heteroatoms. The van der Waals surface area contributed by atoms with Crippen LogP contribution in [0, 0.1) is 5.82 Å². The predicted octanol–water partition coefficient (Wildman–Crippen LogP) is 2.43. The van der Waals surface area contributed by atoms with E-state index in [2.05, 4.69) is 30.0 Å². The molecule has 0 aliphatic carbocycles. The van der Waals surface area contributed by atoms with Crippen molar-refractivity contribution in [3.05, 3.63) is 57.9 Å². The Balaban J connectivity index is 1.81. The number of anilines is 2. The fraction of sp³-hybridized carbons (Fsp3) is 0.150. The summed E-state index contributed by atoms with van der Waals surface area (Å²) >= 11 is 5.89. The Hall–Kier alpha value is -3.84. The monoisotopic (exact) mass is 505 g/mol. The molecule has 0 aliphatic rings. The van der Waals surface area contributed by atoms with E-state index < -0.39 is 21.4 Å². The van der Waals surface area contributed by atoms with Gasteiger partial charge in [-0.25, -0.2) is 27.8 Å². The van der Waals surface area contributed by atoms with Crippen molar-refractivity contribution in [1.82, 2.24) is 24.5 Å². The zero-order valence-electron chi connectivity index (χ0n) is 18.0. The van der Waals surface area contributed by atoms with Crippen LogP contribution in [0.1, 0.15) is 0 Å². The Morgan fingerprint density at radius 1 is 1.15 bits per heavy atom. The summed E-state index contributed by atoms with van der Waals surface area (Å²) in [6.45, 7) is 0. The van der Waals surface area contributed by atoms with Crippen molar-refractivity contribution in [2.45, 2.75) is 4.90 Å². The molecule has 2 N–H and O–H groups in total. The fourth-order valence-corrected chi connectivity index (χ4v) is 4.56. The van der Waals surface area contributed by atoms with Gasteiger partial charge in [0.2, 0.25) is 11.8 Å². The first-order valence-electron chi connectivity index (χ1n) is 9.58. The van der Waals surface area contributed by atoms with Gasteiger partial charge in [-0.05, 0) is 24.3 Å². The summed E-state index contributed by atoms with van der Waals surface area (Å²) < 4.78 is 49.2. The van der Waals surface area contributed by atoms with Gasteiger partial charge in [-0.2, -0.15) is 4.98 Å². The van der Waals surface area contributed by atoms with Gasteiger partial charge in [0.25, 0.3) is 15.6 Å². The molecule has 0 atom stereocenters. The number of hydrogen-bond donors (Lipinski definition) is 2. The molecule has 0 saturated carbocycles. The van der Waals surface area contributed by atoms with Crippen molar-refractivity contribution >= 4 is 44.4 Å². The lowest BCUT2D eigenvalue weighted by molar-refractivity contribution is 0.385. The number of benzene rings is 1. The number of rotatable bonds is 6. The summed E-state index contributed by atoms with van der Waals surface area (Å²) in [6.07, 6.45) is 2.62. The highest BCUT2D eigenvalue weighted by Gasteiger charge is 2.23. The van der Waals surface area contributed by atoms with Crippen molar-refractivity contribution in [3.8, 4) is 17.1 Å². The lowest BCUT2D eigenvalue weighted by Gasteiger charge is -2.13. The Morgan fingerprint density at radius 2 is 1.91 bits per heavy atom. The standard InChI is InChI=1S/C20H17ClFN7O4S/c1-23-20-25-9-14-17(27-20)29(2)19(30)16(26-14)12-7-11(4-5-13(12)22)28-34(31,32)15-6-10(21)8-24-18(15)33-3/h4-9,28H,1-3H3,(H,23,25,27). The summed E-state index contributed by atoms with van der Waals surface area (Å²) in [4.78, 5) is 29.0. The van der Waals surface area contributed by atoms with E-state index in [-0.39, 0.29) is 49.9 Å². The van der Waals surface area contributed by atoms with Crippen LogP contribution in [0.15, 0.2) is 46.3 Å². The van der Waals surface area contributed by atoms with Gasteiger partial charge in [0, 0.05) is 31.5 Å². The largest absolute Gasteiger partial charge is 0.480 e. The van der Waals surface area contributed by atoms with Crippen LogP contribution in [0.2, 0.25) is 5.02 Å². The molecule has 0 aliphatic heterocycles. The molecule has 34 heavy (non-hydrogen) atoms. The van der Waals surface area contributed by atoms with Crippen molar-refractivity contribution < 1.29 is 17.5 Å². The predicted molar refractivity (Wildman–Crippen MR) is 124 cm³/mol. The third-order valence-electron chi connectivity index (χ3n) is 4.77. The molecule has 0 unspecified atom stereocenters. The summed E-state index contributed by atoms with van der Waals surface area (Å²) in [5, 5.41) is 2.84. The maximum Gasteiger partial charge on any atom is 0.278 e. The summed E-state index contributed by atoms with van der Waals surface area (Å²) in [7, 11) is 0.120. The van der Waals surface area contributed by atoms with Gasteiger partial charge in [0.1, 0.15) is 17.0 Å². The molecule has 3 heterocycles. The number of hydrogen-bond acceptors (Lipinski definition) is 9. The first-order chi connectivity index (χ1) is 16.1. The van der Waals surface area contributed by atoms with E-state index in [1.165, 1.54) is 43.3 Å². The molecule has 4 aromatic rings. The minimum atomic E-state index is -4.23. The number of ether oxygens (including phenoxy) is 1. The highest BCUT2D eigenvalue weighted by Crippen LogP contribution is 2.29. The molecule has 0 saturated heterocycles. The smallest absolute Gasteiger partial charge is 0.278 e. The third kappa shape index (κ3) is 4.22. The van der Waals surface area contributed by atoms with Crippen LogP contribution in [-0.4, -0.2) is 47.1 Å². The molecular formula is C20H17ClFN7O4S. The molecule has 1 aromatic carbocycles. The van der Waals surface area contributed by atoms with E-state index in [1.807, 2.05) is 0 Å². The molecule has 3 aromatic heterocycles. The van der Waals surface area contributed by atoms with Gasteiger partial charge in [0.05, 0.1) is 18.3 Å². The number of aryl methyl sites for hydroxylation is 1. The second-order valence-corrected chi connectivity index (χ2v) is 9.03. The van der Waals surface area contributed by atoms with Crippen molar-refractivity contribution in [1.29, 1.82) is 0 Å². The van der Waals surface area contributed by atoms with Crippen LogP contribution in [0.25, 0.3) is 22.4 Å². The molecule has 176 valence electrons. The maximum atomic E-state index is 14.8. The molecule has 0 fully saturated rings. The van der Waals surface area contributed by atoms with Crippen LogP contribution < -0.4 is 20.3 Å². The normalized spacial score (nSPS) is 11.4. The average Bonchev–Trinajstić information content (AvgIpc) is 2.82. The van der Waals surface area contributed by atoms with E-state index in [0.29, 0.717) is 0 Å². The van der Waals surface area contributed by atoms with Crippen LogP contribution in [0.3, 0.4) is 0 Å². The van der Waals surface area contributed by atoms with Gasteiger partial charge in [-0.15, -0.1) is 0 Å². The Morgan fingerprint density at radius 3 is 2.62 bits per heavy atom. The van der Waals surface area contributed by atoms with E-state index in [9.17, 15) is 17.6 Å². The van der Waals surface area contributed by atoms with Gasteiger partial charge >= 0.3 is 0 Å². The number of fused-ring (bicyclic) bond motifs is 1. The molecule has 11 nitrogen and oxygen atoms in total. The van der Waals surface area contributed by atoms with Gasteiger partial charge in [0.15, 0.2) is 10.5 Å². The van der Waals surface area contributed by atoms with Crippen LogP contribution in [-0.2, 0) is 17.1 Å². The topological polar surface area (TPSA) is 141 Å². The number of methoxy groups -OCH3 is 1. The van der Waals surface area contributed by atoms with Crippen molar-refractivity contribution in [2.75, 3.05) is 24.2 Å². The van der Waals surface area contributed by atoms with Gasteiger partial charge in [-0.1, -0.05) is 11.6 Å². The highest BCUT2D eigenvalue weighted by molar-refractivity contribution is 7.92. The molecular weight excluding hydrogens is 489 g/mol. The third-order valence-corrected chi connectivity index (χ3v) is 6.35. The first kappa shape index (κ1) is 23.3. The molecule has 4 rings (SSSR count). The SMILES string of the molecule is CNc1ncc2nc(-c3cc(NS(=O)(=O)c4cc(Cl)cnc4OC)ccc3F)c(=O)n(C)c2n1. The summed E-state index contributed by atoms with van der Waals surface area (Å²) in [5.41, 5.74) is -0.618. The fourth-order valence-electron chi connectivity index (χ4n) is 3.15. The zero-order valence-corrected chi connectivity index (χ0v) is 19.6. The number of nitrogens with one attached hydrogen (secondary N) is 2. The van der Waals surface area contributed by atoms with Crippen LogP contribution >= 0.6 is 11.6 Å². The maximum absolute atomic E-state index is 14.8. The van der Waals surface area contributed by atoms with Crippen molar-refractivity contribution in [3.63, 3.8) is 0 Å². The Bertz CT molecular complexity index is 1590. The number of sulfonamides is 1. The summed E-state index contributed by atoms with van der Waals surface area (Å²) in [5.74, 6) is -0.669. The highest BCUT2D eigenvalue weighted by atomic mass is 35.5. The van der Waals surface area contributed by atoms with Gasteiger partial charge < -0.3 is 10.1 Å². The van der Waals surface area contributed by atoms with Gasteiger partial charge in [-0.3, -0.25) is 14.1 Å². The average molecular weight is 506 g/mol. The summed E-state index contributed by atoms with van der Waals surface area (Å²) in [6, 6.07) is 4.55. The van der Waals surface area contributed by atoms with E-state index in [1.54, 1.807) is 7.05 Å². The number of halogens is 2. The Kier molecular flexibility index (Phi) is 6.06. The van der Waals surface area contributed by atoms with Crippen molar-refractivity contribution in [2.24, 2.45) is 7.05 Å². The number of nitrogens with zero attached hydrogens (tertiary/aromatic N) is 5. The minimum Gasteiger partial charge on any atom is -0.480 e. The van der Waals surface area contributed by atoms with E-state index in [4.69, 9.17) is 16.3 Å². The molecule has 0 bridgehead atoms. The number of aromatic nitrogens is 5. The minimum absolute atomic E-state index is 0.0239. The Labute approximate surface area is 197 Å². The zero-order chi connectivity index (χ0) is 24.6. The molecule has 0 amide bonds. The van der Waals surface area contributed by atoms with Crippen LogP contribution in [0.5, 0.6) is 5.88 Å². The number of pyridine rings is 1. The lowest BCUT2D eigenvalue weighted by atomic mass is 10.1. The van der Waals surface area contributed by atoms with Crippen LogP contribution in [0.4, 0.5) is 16.0 Å². The quantitative estimate of drug-likeness (QED) is 0.404. The molecule has 0 radical (unpaired) electrons. The van der Waals surface area contributed by atoms with E-state index in [0.717, 1.165) is 12.1 Å². The first-order valence-corrected chi connectivity index (χ1v) is 11.4. The van der Waals surface area contributed by atoms with E-state index >= 15 is 0 Å².